The molecule has 0 spiro atoms. The van der Waals surface area contributed by atoms with Crippen LogP contribution in [0.5, 0.6) is 0 Å². The van der Waals surface area contributed by atoms with Crippen molar-refractivity contribution in [3.8, 4) is 0 Å². The van der Waals surface area contributed by atoms with E-state index in [-0.39, 0.29) is 18.2 Å². The number of benzene rings is 1. The molecule has 0 aliphatic rings. The molecule has 5 heteroatoms. The van der Waals surface area contributed by atoms with Crippen LogP contribution in [0.25, 0.3) is 0 Å². The maximum atomic E-state index is 11.9. The summed E-state index contributed by atoms with van der Waals surface area (Å²) in [5, 5.41) is 2.72. The zero-order valence-electron chi connectivity index (χ0n) is 10.2. The third-order valence-electron chi connectivity index (χ3n) is 2.57. The van der Waals surface area contributed by atoms with Gasteiger partial charge in [-0.05, 0) is 36.4 Å². The summed E-state index contributed by atoms with van der Waals surface area (Å²) in [7, 11) is 0. The molecular formula is C14H13N3O2. The highest BCUT2D eigenvalue weighted by Gasteiger charge is 2.07. The molecule has 0 saturated heterocycles. The molecule has 0 radical (unpaired) electrons. The summed E-state index contributed by atoms with van der Waals surface area (Å²) in [6.45, 7) is -0.0264. The third-order valence-corrected chi connectivity index (χ3v) is 2.57. The fourth-order valence-corrected chi connectivity index (χ4v) is 1.56. The number of amides is 1. The van der Waals surface area contributed by atoms with Crippen LogP contribution in [0, 0.1) is 0 Å². The van der Waals surface area contributed by atoms with Crippen molar-refractivity contribution in [3.63, 3.8) is 0 Å². The Morgan fingerprint density at radius 2 is 1.84 bits per heavy atom. The zero-order valence-corrected chi connectivity index (χ0v) is 10.2. The Morgan fingerprint density at radius 3 is 2.42 bits per heavy atom. The predicted molar refractivity (Wildman–Crippen MR) is 72.0 cm³/mol. The normalized spacial score (nSPS) is 9.95. The van der Waals surface area contributed by atoms with E-state index in [1.165, 1.54) is 6.20 Å². The molecule has 1 heterocycles. The van der Waals surface area contributed by atoms with Gasteiger partial charge in [-0.3, -0.25) is 14.6 Å². The second kappa shape index (κ2) is 5.88. The average Bonchev–Trinajstić information content (AvgIpc) is 2.48. The van der Waals surface area contributed by atoms with Crippen LogP contribution in [0.1, 0.15) is 20.7 Å². The molecule has 19 heavy (non-hydrogen) atoms. The largest absolute Gasteiger partial charge is 0.324 e. The lowest BCUT2D eigenvalue weighted by Gasteiger charge is -2.05. The molecule has 2 rings (SSSR count). The number of hydrogen-bond acceptors (Lipinski definition) is 4. The molecule has 96 valence electrons. The number of nitrogens with two attached hydrogens (primary N) is 1. The average molecular weight is 255 g/mol. The summed E-state index contributed by atoms with van der Waals surface area (Å²) in [4.78, 5) is 27.1. The van der Waals surface area contributed by atoms with Gasteiger partial charge in [0.05, 0.1) is 12.1 Å². The van der Waals surface area contributed by atoms with E-state index in [1.807, 2.05) is 0 Å². The van der Waals surface area contributed by atoms with Gasteiger partial charge in [0, 0.05) is 23.6 Å². The molecule has 2 aromatic rings. The van der Waals surface area contributed by atoms with Gasteiger partial charge >= 0.3 is 0 Å². The van der Waals surface area contributed by atoms with Crippen molar-refractivity contribution >= 4 is 17.4 Å². The molecule has 0 saturated carbocycles. The van der Waals surface area contributed by atoms with E-state index in [0.29, 0.717) is 16.8 Å². The van der Waals surface area contributed by atoms with Crippen LogP contribution in [-0.4, -0.2) is 23.2 Å². The van der Waals surface area contributed by atoms with Gasteiger partial charge in [0.2, 0.25) is 0 Å². The van der Waals surface area contributed by atoms with Gasteiger partial charge in [0.25, 0.3) is 5.91 Å². The van der Waals surface area contributed by atoms with Gasteiger partial charge in [-0.25, -0.2) is 0 Å². The highest BCUT2D eigenvalue weighted by molar-refractivity contribution is 6.04. The van der Waals surface area contributed by atoms with Crippen molar-refractivity contribution in [1.82, 2.24) is 4.98 Å². The summed E-state index contributed by atoms with van der Waals surface area (Å²) >= 11 is 0. The minimum Gasteiger partial charge on any atom is -0.324 e. The SMILES string of the molecule is NCC(=O)c1ccc(NC(=O)c2cccnc2)cc1. The van der Waals surface area contributed by atoms with E-state index < -0.39 is 0 Å². The number of rotatable bonds is 4. The molecule has 0 bridgehead atoms. The first kappa shape index (κ1) is 12.9. The Morgan fingerprint density at radius 1 is 1.11 bits per heavy atom. The van der Waals surface area contributed by atoms with Crippen LogP contribution in [0.15, 0.2) is 48.8 Å². The fourth-order valence-electron chi connectivity index (χ4n) is 1.56. The Kier molecular flexibility index (Phi) is 4.00. The van der Waals surface area contributed by atoms with Crippen molar-refractivity contribution < 1.29 is 9.59 Å². The molecule has 1 aromatic carbocycles. The fraction of sp³-hybridized carbons (Fsp3) is 0.0714. The number of carbonyl (C=O) groups excluding carboxylic acids is 2. The molecule has 0 aliphatic carbocycles. The number of anilines is 1. The van der Waals surface area contributed by atoms with Gasteiger partial charge in [-0.1, -0.05) is 0 Å². The second-order valence-corrected chi connectivity index (χ2v) is 3.90. The van der Waals surface area contributed by atoms with Gasteiger partial charge < -0.3 is 11.1 Å². The number of hydrogen-bond donors (Lipinski definition) is 2. The van der Waals surface area contributed by atoms with Gasteiger partial charge in [0.1, 0.15) is 0 Å². The van der Waals surface area contributed by atoms with E-state index in [9.17, 15) is 9.59 Å². The maximum Gasteiger partial charge on any atom is 0.257 e. The number of ketones is 1. The Bertz CT molecular complexity index is 579. The van der Waals surface area contributed by atoms with Crippen LogP contribution in [0.4, 0.5) is 5.69 Å². The lowest BCUT2D eigenvalue weighted by molar-refractivity contribution is 0.0999. The molecule has 1 aromatic heterocycles. The summed E-state index contributed by atoms with van der Waals surface area (Å²) < 4.78 is 0. The minimum absolute atomic E-state index is 0.0264. The van der Waals surface area contributed by atoms with Crippen molar-refractivity contribution in [1.29, 1.82) is 0 Å². The summed E-state index contributed by atoms with van der Waals surface area (Å²) in [6.07, 6.45) is 3.09. The van der Waals surface area contributed by atoms with Crippen LogP contribution in [0.3, 0.4) is 0 Å². The Balaban J connectivity index is 2.08. The summed E-state index contributed by atoms with van der Waals surface area (Å²) in [5.74, 6) is -0.379. The number of aromatic nitrogens is 1. The first-order chi connectivity index (χ1) is 9.20. The van der Waals surface area contributed by atoms with Crippen LogP contribution in [0.2, 0.25) is 0 Å². The summed E-state index contributed by atoms with van der Waals surface area (Å²) in [6, 6.07) is 9.96. The van der Waals surface area contributed by atoms with Gasteiger partial charge in [-0.2, -0.15) is 0 Å². The van der Waals surface area contributed by atoms with E-state index in [1.54, 1.807) is 42.6 Å². The standard InChI is InChI=1S/C14H13N3O2/c15-8-13(18)10-3-5-12(6-4-10)17-14(19)11-2-1-7-16-9-11/h1-7,9H,8,15H2,(H,17,19). The van der Waals surface area contributed by atoms with Crippen molar-refractivity contribution in [2.75, 3.05) is 11.9 Å². The van der Waals surface area contributed by atoms with E-state index in [0.717, 1.165) is 0 Å². The number of nitrogens with zero attached hydrogens (tertiary/aromatic N) is 1. The van der Waals surface area contributed by atoms with E-state index >= 15 is 0 Å². The van der Waals surface area contributed by atoms with Crippen molar-refractivity contribution in [2.24, 2.45) is 5.73 Å². The predicted octanol–water partition coefficient (Wildman–Crippen LogP) is 1.48. The maximum absolute atomic E-state index is 11.9. The highest BCUT2D eigenvalue weighted by Crippen LogP contribution is 2.11. The first-order valence-electron chi connectivity index (χ1n) is 5.75. The van der Waals surface area contributed by atoms with Crippen LogP contribution < -0.4 is 11.1 Å². The summed E-state index contributed by atoms with van der Waals surface area (Å²) in [5.41, 5.74) is 6.89. The van der Waals surface area contributed by atoms with Crippen LogP contribution >= 0.6 is 0 Å². The number of carbonyl (C=O) groups is 2. The molecule has 0 unspecified atom stereocenters. The van der Waals surface area contributed by atoms with E-state index in [4.69, 9.17) is 5.73 Å². The number of nitrogens with one attached hydrogen (secondary N) is 1. The third kappa shape index (κ3) is 3.23. The van der Waals surface area contributed by atoms with Crippen molar-refractivity contribution in [3.05, 3.63) is 59.9 Å². The quantitative estimate of drug-likeness (QED) is 0.810. The topological polar surface area (TPSA) is 85.1 Å². The molecule has 3 N–H and O–H groups in total. The number of pyridine rings is 1. The molecular weight excluding hydrogens is 242 g/mol. The Hall–Kier alpha value is -2.53. The molecule has 1 amide bonds. The second-order valence-electron chi connectivity index (χ2n) is 3.90. The molecule has 5 nitrogen and oxygen atoms in total. The van der Waals surface area contributed by atoms with E-state index in [2.05, 4.69) is 10.3 Å². The highest BCUT2D eigenvalue weighted by atomic mass is 16.1. The van der Waals surface area contributed by atoms with Gasteiger partial charge in [-0.15, -0.1) is 0 Å². The monoisotopic (exact) mass is 255 g/mol. The van der Waals surface area contributed by atoms with Crippen LogP contribution in [-0.2, 0) is 0 Å². The zero-order chi connectivity index (χ0) is 13.7. The van der Waals surface area contributed by atoms with Gasteiger partial charge in [0.15, 0.2) is 5.78 Å². The van der Waals surface area contributed by atoms with Crippen molar-refractivity contribution in [2.45, 2.75) is 0 Å². The molecule has 0 fully saturated rings. The molecule has 0 aliphatic heterocycles. The minimum atomic E-state index is -0.244. The smallest absolute Gasteiger partial charge is 0.257 e. The molecule has 0 atom stereocenters. The lowest BCUT2D eigenvalue weighted by Crippen LogP contribution is -2.14. The Labute approximate surface area is 110 Å². The first-order valence-corrected chi connectivity index (χ1v) is 5.75. The number of Topliss-reactive ketones (excluding diaryl/α,β-unsaturated/α-hetero) is 1. The lowest BCUT2D eigenvalue weighted by atomic mass is 10.1.